The van der Waals surface area contributed by atoms with E-state index in [0.29, 0.717) is 22.1 Å². The fourth-order valence-electron chi connectivity index (χ4n) is 3.23. The molecule has 2 aliphatic rings. The third kappa shape index (κ3) is 3.77. The van der Waals surface area contributed by atoms with Crippen LogP contribution >= 0.6 is 34.6 Å². The van der Waals surface area contributed by atoms with Gasteiger partial charge in [-0.1, -0.05) is 28.3 Å². The number of nitrogens with two attached hydrogens (primary N) is 2. The lowest BCUT2D eigenvalue weighted by atomic mass is 9.86. The second-order valence-electron chi connectivity index (χ2n) is 6.26. The predicted molar refractivity (Wildman–Crippen MR) is 109 cm³/mol. The molecule has 1 fully saturated rings. The van der Waals surface area contributed by atoms with E-state index in [1.165, 1.54) is 0 Å². The number of rotatable bonds is 6. The molecule has 0 bridgehead atoms. The van der Waals surface area contributed by atoms with Gasteiger partial charge in [0, 0.05) is 16.4 Å². The van der Waals surface area contributed by atoms with E-state index >= 15 is 0 Å². The lowest BCUT2D eigenvalue weighted by Crippen LogP contribution is -2.72. The van der Waals surface area contributed by atoms with Gasteiger partial charge in [0.2, 0.25) is 16.7 Å². The average Bonchev–Trinajstić information content (AvgIpc) is 3.34. The van der Waals surface area contributed by atoms with Crippen molar-refractivity contribution in [2.24, 2.45) is 5.16 Å². The zero-order chi connectivity index (χ0) is 22.3. The number of amides is 2. The third-order valence-corrected chi connectivity index (χ3v) is 6.97. The summed E-state index contributed by atoms with van der Waals surface area (Å²) >= 11 is 3.00. The van der Waals surface area contributed by atoms with E-state index in [2.05, 4.69) is 30.0 Å². The molecule has 0 saturated carbocycles. The van der Waals surface area contributed by atoms with E-state index in [4.69, 9.17) is 16.7 Å². The normalized spacial score (nSPS) is 21.0. The van der Waals surface area contributed by atoms with Crippen molar-refractivity contribution < 1.29 is 24.7 Å². The molecule has 0 unspecified atom stereocenters. The number of hydrogen-bond donors (Lipinski definition) is 5. The number of carboxylic acid groups (broad SMARTS) is 1. The Bertz CT molecular complexity index is 1140. The van der Waals surface area contributed by atoms with Gasteiger partial charge in [-0.3, -0.25) is 14.5 Å². The Morgan fingerprint density at radius 3 is 2.65 bits per heavy atom. The molecule has 0 spiro atoms. The zero-order valence-corrected chi connectivity index (χ0v) is 17.7. The summed E-state index contributed by atoms with van der Waals surface area (Å²) in [6, 6.07) is -1.56. The molecule has 0 aromatic carbocycles. The van der Waals surface area contributed by atoms with Gasteiger partial charge in [-0.05, 0) is 12.8 Å². The van der Waals surface area contributed by atoms with Crippen LogP contribution in [0.25, 0.3) is 0 Å². The van der Waals surface area contributed by atoms with E-state index in [9.17, 15) is 19.5 Å². The van der Waals surface area contributed by atoms with Crippen molar-refractivity contribution in [1.82, 2.24) is 29.8 Å². The minimum Gasteiger partial charge on any atom is -0.477 e. The standard InChI is InChI=1S/C14H13N9O5S3/c15-12-18-8(22-31-12)6(21-28)9(24)17-5-3-1-2-4(29-14-20-19-13(16)30-14)7(11(26)27)23(3)10(5)25/h3,5,28H,1-2H2,(H2,16,19)(H,17,24)(H,26,27)(H2,15,18,22)/b21-6-/t3-,5+/m1/s1. The van der Waals surface area contributed by atoms with Crippen molar-refractivity contribution >= 4 is 68.4 Å². The summed E-state index contributed by atoms with van der Waals surface area (Å²) in [5.74, 6) is -2.95. The summed E-state index contributed by atoms with van der Waals surface area (Å²) in [7, 11) is 0. The second-order valence-corrected chi connectivity index (χ2v) is 9.39. The molecular weight excluding hydrogens is 470 g/mol. The van der Waals surface area contributed by atoms with Gasteiger partial charge in [0.25, 0.3) is 11.8 Å². The van der Waals surface area contributed by atoms with Crippen LogP contribution in [0, 0.1) is 0 Å². The molecule has 14 nitrogen and oxygen atoms in total. The number of nitrogen functional groups attached to an aromatic ring is 2. The molecule has 4 rings (SSSR count). The van der Waals surface area contributed by atoms with Crippen molar-refractivity contribution in [2.75, 3.05) is 11.5 Å². The number of aromatic nitrogens is 4. The molecular formula is C14H13N9O5S3. The van der Waals surface area contributed by atoms with Crippen LogP contribution in [0.2, 0.25) is 0 Å². The van der Waals surface area contributed by atoms with Crippen molar-refractivity contribution in [3.8, 4) is 0 Å². The quantitative estimate of drug-likeness (QED) is 0.149. The smallest absolute Gasteiger partial charge is 0.353 e. The number of anilines is 2. The van der Waals surface area contributed by atoms with Crippen LogP contribution in [-0.2, 0) is 14.4 Å². The maximum Gasteiger partial charge on any atom is 0.353 e. The average molecular weight is 484 g/mol. The van der Waals surface area contributed by atoms with Crippen molar-refractivity contribution in [3.05, 3.63) is 16.4 Å². The van der Waals surface area contributed by atoms with E-state index in [-0.39, 0.29) is 21.8 Å². The number of nitrogens with zero attached hydrogens (tertiary/aromatic N) is 6. The molecule has 0 aliphatic carbocycles. The van der Waals surface area contributed by atoms with Gasteiger partial charge >= 0.3 is 5.97 Å². The summed E-state index contributed by atoms with van der Waals surface area (Å²) in [6.45, 7) is 0. The maximum atomic E-state index is 12.7. The largest absolute Gasteiger partial charge is 0.477 e. The first-order chi connectivity index (χ1) is 14.8. The summed E-state index contributed by atoms with van der Waals surface area (Å²) in [5.41, 5.74) is 10.4. The minimum absolute atomic E-state index is 0.0700. The molecule has 2 aromatic rings. The lowest BCUT2D eigenvalue weighted by Gasteiger charge is -2.49. The molecule has 2 amide bonds. The number of carbonyl (C=O) groups is 3. The first-order valence-electron chi connectivity index (χ1n) is 8.49. The van der Waals surface area contributed by atoms with Crippen LogP contribution in [0.5, 0.6) is 0 Å². The highest BCUT2D eigenvalue weighted by atomic mass is 32.2. The van der Waals surface area contributed by atoms with E-state index < -0.39 is 35.6 Å². The Balaban J connectivity index is 1.52. The molecule has 162 valence electrons. The number of allylic oxidation sites excluding steroid dienone is 1. The SMILES string of the molecule is Nc1nc(/C(=N/O)C(=O)N[C@@H]2C(=O)N3C(C(=O)O)=C(Sc4nnc(N)s4)CC[C@H]23)ns1. The van der Waals surface area contributed by atoms with Crippen molar-refractivity contribution in [2.45, 2.75) is 29.3 Å². The van der Waals surface area contributed by atoms with Gasteiger partial charge in [-0.2, -0.15) is 9.36 Å². The van der Waals surface area contributed by atoms with Gasteiger partial charge < -0.3 is 27.1 Å². The predicted octanol–water partition coefficient (Wildman–Crippen LogP) is -0.690. The Morgan fingerprint density at radius 2 is 2.06 bits per heavy atom. The maximum absolute atomic E-state index is 12.7. The molecule has 7 N–H and O–H groups in total. The monoisotopic (exact) mass is 483 g/mol. The van der Waals surface area contributed by atoms with Crippen LogP contribution in [0.3, 0.4) is 0 Å². The van der Waals surface area contributed by atoms with Crippen LogP contribution in [-0.4, -0.2) is 70.3 Å². The van der Waals surface area contributed by atoms with Gasteiger partial charge in [-0.25, -0.2) is 4.79 Å². The molecule has 31 heavy (non-hydrogen) atoms. The van der Waals surface area contributed by atoms with Crippen LogP contribution in [0.15, 0.2) is 20.1 Å². The van der Waals surface area contributed by atoms with Crippen LogP contribution < -0.4 is 16.8 Å². The summed E-state index contributed by atoms with van der Waals surface area (Å²) in [6.07, 6.45) is 0.745. The summed E-state index contributed by atoms with van der Waals surface area (Å²) < 4.78 is 4.26. The first-order valence-corrected chi connectivity index (χ1v) is 10.9. The number of oxime groups is 1. The van der Waals surface area contributed by atoms with E-state index in [1.807, 2.05) is 0 Å². The highest BCUT2D eigenvalue weighted by molar-refractivity contribution is 8.04. The number of β-lactam (4-membered cyclic amide) rings is 1. The van der Waals surface area contributed by atoms with Crippen molar-refractivity contribution in [3.63, 3.8) is 0 Å². The molecule has 1 saturated heterocycles. The zero-order valence-electron chi connectivity index (χ0n) is 15.3. The number of nitrogens with one attached hydrogen (secondary N) is 1. The Kier molecular flexibility index (Phi) is 5.46. The number of carboxylic acids is 1. The number of carbonyl (C=O) groups excluding carboxylic acids is 2. The third-order valence-electron chi connectivity index (χ3n) is 4.48. The number of aliphatic carboxylic acids is 1. The molecule has 2 aliphatic heterocycles. The minimum atomic E-state index is -1.28. The highest BCUT2D eigenvalue weighted by Crippen LogP contribution is 2.43. The Hall–Kier alpha value is -3.31. The first kappa shape index (κ1) is 20.9. The topological polar surface area (TPSA) is 223 Å². The molecule has 2 aromatic heterocycles. The lowest BCUT2D eigenvalue weighted by molar-refractivity contribution is -0.155. The van der Waals surface area contributed by atoms with E-state index in [0.717, 1.165) is 39.5 Å². The van der Waals surface area contributed by atoms with Gasteiger partial charge in [-0.15, -0.1) is 10.2 Å². The summed E-state index contributed by atoms with van der Waals surface area (Å²) in [4.78, 5) is 42.4. The van der Waals surface area contributed by atoms with Crippen LogP contribution in [0.1, 0.15) is 18.7 Å². The fraction of sp³-hybridized carbons (Fsp3) is 0.286. The van der Waals surface area contributed by atoms with Gasteiger partial charge in [0.1, 0.15) is 11.7 Å². The van der Waals surface area contributed by atoms with E-state index in [1.54, 1.807) is 0 Å². The van der Waals surface area contributed by atoms with Crippen LogP contribution in [0.4, 0.5) is 10.3 Å². The van der Waals surface area contributed by atoms with Gasteiger partial charge in [0.05, 0.1) is 6.04 Å². The molecule has 2 atom stereocenters. The fourth-order valence-corrected chi connectivity index (χ4v) is 5.52. The van der Waals surface area contributed by atoms with Crippen molar-refractivity contribution in [1.29, 1.82) is 0 Å². The number of fused-ring (bicyclic) bond motifs is 1. The second kappa shape index (κ2) is 8.08. The highest BCUT2D eigenvalue weighted by Gasteiger charge is 2.54. The number of hydrogen-bond acceptors (Lipinski definition) is 14. The molecule has 17 heteroatoms. The molecule has 0 radical (unpaired) electrons. The Labute approximate surface area is 185 Å². The Morgan fingerprint density at radius 1 is 1.29 bits per heavy atom. The summed E-state index contributed by atoms with van der Waals surface area (Å²) in [5, 5.41) is 32.1. The van der Waals surface area contributed by atoms with Gasteiger partial charge in [0.15, 0.2) is 9.47 Å². The molecule has 4 heterocycles. The number of thioether (sulfide) groups is 1.